The van der Waals surface area contributed by atoms with Crippen LogP contribution in [0.4, 0.5) is 5.69 Å². The van der Waals surface area contributed by atoms with E-state index in [1.807, 2.05) is 4.90 Å². The molecule has 2 aromatic rings. The van der Waals surface area contributed by atoms with Crippen molar-refractivity contribution in [2.24, 2.45) is 5.92 Å². The van der Waals surface area contributed by atoms with Crippen LogP contribution in [-0.4, -0.2) is 47.8 Å². The molecule has 1 unspecified atom stereocenters. The van der Waals surface area contributed by atoms with Gasteiger partial charge in [0.05, 0.1) is 12.1 Å². The zero-order chi connectivity index (χ0) is 22.1. The number of nitrogens with one attached hydrogen (secondary N) is 1. The van der Waals surface area contributed by atoms with Crippen molar-refractivity contribution in [1.29, 1.82) is 0 Å². The average Bonchev–Trinajstić information content (AvgIpc) is 3.28. The van der Waals surface area contributed by atoms with Crippen LogP contribution in [0.25, 0.3) is 0 Å². The van der Waals surface area contributed by atoms with Crippen LogP contribution in [0.1, 0.15) is 27.0 Å². The molecule has 2 aliphatic heterocycles. The first-order chi connectivity index (χ1) is 14.8. The van der Waals surface area contributed by atoms with E-state index in [0.717, 1.165) is 17.6 Å². The van der Waals surface area contributed by atoms with Gasteiger partial charge in [0.1, 0.15) is 0 Å². The number of anilines is 1. The van der Waals surface area contributed by atoms with Gasteiger partial charge in [0.15, 0.2) is 0 Å². The second-order valence-corrected chi connectivity index (χ2v) is 9.36. The molecule has 1 saturated heterocycles. The highest BCUT2D eigenvalue weighted by molar-refractivity contribution is 9.10. The third-order valence-electron chi connectivity index (χ3n) is 6.03. The summed E-state index contributed by atoms with van der Waals surface area (Å²) in [6, 6.07) is 11.7. The molecule has 6 nitrogen and oxygen atoms in total. The number of rotatable bonds is 5. The molecular weight excluding hydrogens is 456 g/mol. The van der Waals surface area contributed by atoms with Gasteiger partial charge in [-0.05, 0) is 48.7 Å². The van der Waals surface area contributed by atoms with Gasteiger partial charge in [-0.25, -0.2) is 0 Å². The minimum atomic E-state index is -0.342. The van der Waals surface area contributed by atoms with Crippen LogP contribution < -0.4 is 11.1 Å². The number of nitrogen functional groups attached to an aromatic ring is 1. The number of hydrogen-bond donors (Lipinski definition) is 2. The lowest BCUT2D eigenvalue weighted by Gasteiger charge is -2.22. The van der Waals surface area contributed by atoms with Crippen molar-refractivity contribution in [3.63, 3.8) is 0 Å². The van der Waals surface area contributed by atoms with Gasteiger partial charge in [-0.1, -0.05) is 39.7 Å². The Morgan fingerprint density at radius 1 is 1.16 bits per heavy atom. The van der Waals surface area contributed by atoms with Crippen molar-refractivity contribution in [2.45, 2.75) is 20.4 Å². The number of carbonyl (C=O) groups excluding carboxylic acids is 2. The Hall–Kier alpha value is -2.80. The van der Waals surface area contributed by atoms with Gasteiger partial charge >= 0.3 is 0 Å². The lowest BCUT2D eigenvalue weighted by Crippen LogP contribution is -2.40. The molecule has 0 saturated carbocycles. The van der Waals surface area contributed by atoms with Gasteiger partial charge in [0.25, 0.3) is 5.91 Å². The molecule has 0 aliphatic carbocycles. The Morgan fingerprint density at radius 2 is 1.97 bits per heavy atom. The fraction of sp³-hybridized carbons (Fsp3) is 0.333. The van der Waals surface area contributed by atoms with E-state index in [1.165, 1.54) is 22.3 Å². The highest BCUT2D eigenvalue weighted by Gasteiger charge is 2.35. The second kappa shape index (κ2) is 8.75. The molecule has 31 heavy (non-hydrogen) atoms. The summed E-state index contributed by atoms with van der Waals surface area (Å²) in [7, 11) is 0. The van der Waals surface area contributed by atoms with Crippen LogP contribution in [-0.2, 0) is 11.3 Å². The standard InChI is InChI=1S/C24H27BrN4O2/c1-15-3-4-17(16(2)7-15)10-28-11-18-13-29(14-19(18)12-28)23(30)9-27-24(31)21-8-20(25)5-6-22(21)26/h3-8,11,19H,9-10,12-14,26H2,1-2H3,(H,27,31). The van der Waals surface area contributed by atoms with Crippen LogP contribution in [0, 0.1) is 19.8 Å². The fourth-order valence-corrected chi connectivity index (χ4v) is 4.68. The number of carbonyl (C=O) groups is 2. The minimum absolute atomic E-state index is 0.0307. The lowest BCUT2D eigenvalue weighted by molar-refractivity contribution is -0.129. The number of benzene rings is 2. The predicted molar refractivity (Wildman–Crippen MR) is 125 cm³/mol. The molecule has 162 valence electrons. The summed E-state index contributed by atoms with van der Waals surface area (Å²) in [5.74, 6) is -0.0466. The molecule has 3 N–H and O–H groups in total. The molecule has 0 bridgehead atoms. The number of likely N-dealkylation sites (tertiary alicyclic amines) is 1. The van der Waals surface area contributed by atoms with Crippen LogP contribution in [0.2, 0.25) is 0 Å². The Kier molecular flexibility index (Phi) is 6.05. The van der Waals surface area contributed by atoms with Crippen molar-refractivity contribution in [3.8, 4) is 0 Å². The summed E-state index contributed by atoms with van der Waals surface area (Å²) in [5.41, 5.74) is 11.9. The first-order valence-corrected chi connectivity index (χ1v) is 11.2. The minimum Gasteiger partial charge on any atom is -0.398 e. The second-order valence-electron chi connectivity index (χ2n) is 8.45. The molecule has 2 heterocycles. The maximum absolute atomic E-state index is 12.6. The molecule has 0 radical (unpaired) electrons. The number of nitrogens with two attached hydrogens (primary N) is 1. The summed E-state index contributed by atoms with van der Waals surface area (Å²) >= 11 is 3.34. The van der Waals surface area contributed by atoms with Crippen LogP contribution in [0.15, 0.2) is 52.6 Å². The van der Waals surface area contributed by atoms with E-state index in [-0.39, 0.29) is 18.4 Å². The zero-order valence-electron chi connectivity index (χ0n) is 17.8. The van der Waals surface area contributed by atoms with E-state index >= 15 is 0 Å². The van der Waals surface area contributed by atoms with E-state index in [1.54, 1.807) is 18.2 Å². The van der Waals surface area contributed by atoms with Gasteiger partial charge in [-0.3, -0.25) is 9.59 Å². The molecule has 0 aromatic heterocycles. The first kappa shape index (κ1) is 21.4. The molecule has 4 rings (SSSR count). The Balaban J connectivity index is 1.31. The van der Waals surface area contributed by atoms with Gasteiger partial charge < -0.3 is 20.9 Å². The van der Waals surface area contributed by atoms with Crippen molar-refractivity contribution in [1.82, 2.24) is 15.1 Å². The van der Waals surface area contributed by atoms with E-state index in [9.17, 15) is 9.59 Å². The molecule has 0 spiro atoms. The van der Waals surface area contributed by atoms with Crippen molar-refractivity contribution in [3.05, 3.63) is 74.9 Å². The van der Waals surface area contributed by atoms with Crippen molar-refractivity contribution < 1.29 is 9.59 Å². The van der Waals surface area contributed by atoms with E-state index < -0.39 is 0 Å². The Morgan fingerprint density at radius 3 is 2.71 bits per heavy atom. The molecule has 7 heteroatoms. The highest BCUT2D eigenvalue weighted by Crippen LogP contribution is 2.31. The number of halogens is 1. The summed E-state index contributed by atoms with van der Waals surface area (Å²) in [6.45, 7) is 7.38. The van der Waals surface area contributed by atoms with Crippen molar-refractivity contribution in [2.75, 3.05) is 31.9 Å². The third-order valence-corrected chi connectivity index (χ3v) is 6.52. The SMILES string of the molecule is Cc1ccc(CN2C=C3CN(C(=O)CNC(=O)c4cc(Br)ccc4N)CC3C2)c(C)c1. The normalized spacial score (nSPS) is 17.5. The quantitative estimate of drug-likeness (QED) is 0.641. The van der Waals surface area contributed by atoms with E-state index in [0.29, 0.717) is 30.3 Å². The van der Waals surface area contributed by atoms with E-state index in [2.05, 4.69) is 64.4 Å². The number of nitrogens with zero attached hydrogens (tertiary/aromatic N) is 2. The Labute approximate surface area is 191 Å². The average molecular weight is 483 g/mol. The number of fused-ring (bicyclic) bond motifs is 1. The van der Waals surface area contributed by atoms with E-state index in [4.69, 9.17) is 5.73 Å². The van der Waals surface area contributed by atoms with Crippen LogP contribution >= 0.6 is 15.9 Å². The molecule has 2 aliphatic rings. The first-order valence-electron chi connectivity index (χ1n) is 10.4. The zero-order valence-corrected chi connectivity index (χ0v) is 19.4. The lowest BCUT2D eigenvalue weighted by atomic mass is 10.1. The van der Waals surface area contributed by atoms with Gasteiger partial charge in [0, 0.05) is 48.5 Å². The fourth-order valence-electron chi connectivity index (χ4n) is 4.32. The Bertz CT molecular complexity index is 1070. The summed E-state index contributed by atoms with van der Waals surface area (Å²) in [6.07, 6.45) is 2.21. The number of amides is 2. The topological polar surface area (TPSA) is 78.7 Å². The number of hydrogen-bond acceptors (Lipinski definition) is 4. The van der Waals surface area contributed by atoms with Gasteiger partial charge in [-0.15, -0.1) is 0 Å². The highest BCUT2D eigenvalue weighted by atomic mass is 79.9. The maximum atomic E-state index is 12.6. The van der Waals surface area contributed by atoms with Gasteiger partial charge in [-0.2, -0.15) is 0 Å². The molecule has 1 fully saturated rings. The summed E-state index contributed by atoms with van der Waals surface area (Å²) in [4.78, 5) is 29.2. The smallest absolute Gasteiger partial charge is 0.253 e. The molecular formula is C24H27BrN4O2. The molecule has 1 atom stereocenters. The maximum Gasteiger partial charge on any atom is 0.253 e. The molecule has 2 aromatic carbocycles. The van der Waals surface area contributed by atoms with Crippen LogP contribution in [0.5, 0.6) is 0 Å². The van der Waals surface area contributed by atoms with Crippen molar-refractivity contribution >= 4 is 33.4 Å². The van der Waals surface area contributed by atoms with Gasteiger partial charge in [0.2, 0.25) is 5.91 Å². The third kappa shape index (κ3) is 4.77. The summed E-state index contributed by atoms with van der Waals surface area (Å²) < 4.78 is 0.767. The summed E-state index contributed by atoms with van der Waals surface area (Å²) in [5, 5.41) is 2.70. The predicted octanol–water partition coefficient (Wildman–Crippen LogP) is 3.24. The molecule has 2 amide bonds. The monoisotopic (exact) mass is 482 g/mol. The van der Waals surface area contributed by atoms with Crippen LogP contribution in [0.3, 0.4) is 0 Å². The number of aryl methyl sites for hydroxylation is 2. The largest absolute Gasteiger partial charge is 0.398 e.